The first-order valence-corrected chi connectivity index (χ1v) is 9.50. The van der Waals surface area contributed by atoms with Crippen LogP contribution < -0.4 is 10.1 Å². The zero-order valence-electron chi connectivity index (χ0n) is 16.5. The summed E-state index contributed by atoms with van der Waals surface area (Å²) >= 11 is 0. The van der Waals surface area contributed by atoms with E-state index >= 15 is 0 Å². The molecular weight excluding hydrogens is 328 g/mol. The molecule has 1 aliphatic heterocycles. The maximum atomic E-state index is 11.5. The molecule has 0 atom stereocenters. The van der Waals surface area contributed by atoms with E-state index in [2.05, 4.69) is 37.1 Å². The summed E-state index contributed by atoms with van der Waals surface area (Å²) < 4.78 is 5.93. The van der Waals surface area contributed by atoms with Crippen LogP contribution in [0.4, 0.5) is 0 Å². The monoisotopic (exact) mass is 360 g/mol. The smallest absolute Gasteiger partial charge is 0.219 e. The van der Waals surface area contributed by atoms with E-state index in [0.717, 1.165) is 50.0 Å². The minimum absolute atomic E-state index is 0.141. The zero-order chi connectivity index (χ0) is 18.9. The molecule has 1 aromatic rings. The van der Waals surface area contributed by atoms with Crippen molar-refractivity contribution >= 4 is 11.9 Å². The summed E-state index contributed by atoms with van der Waals surface area (Å²) in [7, 11) is 0. The number of aliphatic imine (C=N–C) groups is 1. The average molecular weight is 361 g/mol. The molecule has 6 heteroatoms. The van der Waals surface area contributed by atoms with E-state index in [-0.39, 0.29) is 5.91 Å². The van der Waals surface area contributed by atoms with Crippen LogP contribution in [0.3, 0.4) is 0 Å². The van der Waals surface area contributed by atoms with Crippen molar-refractivity contribution in [2.75, 3.05) is 39.3 Å². The van der Waals surface area contributed by atoms with Crippen molar-refractivity contribution in [2.24, 2.45) is 10.9 Å². The largest absolute Gasteiger partial charge is 0.493 e. The minimum Gasteiger partial charge on any atom is -0.493 e. The first-order chi connectivity index (χ1) is 12.5. The van der Waals surface area contributed by atoms with Gasteiger partial charge in [0.05, 0.1) is 13.2 Å². The van der Waals surface area contributed by atoms with E-state index in [0.29, 0.717) is 19.1 Å². The number of hydrogen-bond acceptors (Lipinski definition) is 3. The first kappa shape index (κ1) is 20.1. The molecule has 26 heavy (non-hydrogen) atoms. The van der Waals surface area contributed by atoms with Crippen LogP contribution in [0.2, 0.25) is 0 Å². The van der Waals surface area contributed by atoms with Gasteiger partial charge in [-0.25, -0.2) is 4.99 Å². The summed E-state index contributed by atoms with van der Waals surface area (Å²) in [4.78, 5) is 20.4. The maximum Gasteiger partial charge on any atom is 0.219 e. The van der Waals surface area contributed by atoms with E-state index in [9.17, 15) is 4.79 Å². The third-order valence-electron chi connectivity index (χ3n) is 4.30. The summed E-state index contributed by atoms with van der Waals surface area (Å²) in [5.41, 5.74) is 1.09. The molecule has 1 aromatic carbocycles. The molecule has 0 bridgehead atoms. The van der Waals surface area contributed by atoms with Crippen LogP contribution >= 0.6 is 0 Å². The summed E-state index contributed by atoms with van der Waals surface area (Å²) in [6.45, 7) is 13.2. The number of hydrogen-bond donors (Lipinski definition) is 1. The molecule has 0 spiro atoms. The van der Waals surface area contributed by atoms with Crippen LogP contribution in [0.15, 0.2) is 29.3 Å². The fraction of sp³-hybridized carbons (Fsp3) is 0.600. The number of guanidine groups is 1. The van der Waals surface area contributed by atoms with Crippen molar-refractivity contribution in [2.45, 2.75) is 34.2 Å². The lowest BCUT2D eigenvalue weighted by atomic mass is 10.2. The van der Waals surface area contributed by atoms with Crippen LogP contribution in [-0.2, 0) is 11.3 Å². The van der Waals surface area contributed by atoms with Crippen molar-refractivity contribution in [3.05, 3.63) is 29.8 Å². The van der Waals surface area contributed by atoms with Gasteiger partial charge < -0.3 is 19.9 Å². The van der Waals surface area contributed by atoms with Gasteiger partial charge in [-0.05, 0) is 18.9 Å². The maximum absolute atomic E-state index is 11.5. The Balaban J connectivity index is 2.04. The highest BCUT2D eigenvalue weighted by Gasteiger charge is 2.20. The molecule has 0 aromatic heterocycles. The van der Waals surface area contributed by atoms with Crippen molar-refractivity contribution in [1.82, 2.24) is 15.1 Å². The van der Waals surface area contributed by atoms with Gasteiger partial charge in [-0.3, -0.25) is 4.79 Å². The summed E-state index contributed by atoms with van der Waals surface area (Å²) in [5.74, 6) is 2.43. The fourth-order valence-electron chi connectivity index (χ4n) is 2.85. The Morgan fingerprint density at radius 2 is 1.85 bits per heavy atom. The first-order valence-electron chi connectivity index (χ1n) is 9.50. The molecule has 1 heterocycles. The molecule has 0 saturated carbocycles. The second-order valence-electron chi connectivity index (χ2n) is 6.98. The molecule has 2 rings (SSSR count). The number of benzene rings is 1. The van der Waals surface area contributed by atoms with Gasteiger partial charge in [0.1, 0.15) is 5.75 Å². The van der Waals surface area contributed by atoms with Gasteiger partial charge in [-0.15, -0.1) is 0 Å². The number of nitrogens with zero attached hydrogens (tertiary/aromatic N) is 3. The minimum atomic E-state index is 0.141. The summed E-state index contributed by atoms with van der Waals surface area (Å²) in [5, 5.41) is 3.37. The highest BCUT2D eigenvalue weighted by molar-refractivity contribution is 5.80. The predicted octanol–water partition coefficient (Wildman–Crippen LogP) is 2.35. The normalized spacial score (nSPS) is 15.3. The quantitative estimate of drug-likeness (QED) is 0.625. The molecule has 1 N–H and O–H groups in total. The van der Waals surface area contributed by atoms with E-state index in [4.69, 9.17) is 9.73 Å². The Morgan fingerprint density at radius 1 is 1.19 bits per heavy atom. The third-order valence-corrected chi connectivity index (χ3v) is 4.30. The van der Waals surface area contributed by atoms with Gasteiger partial charge >= 0.3 is 0 Å². The zero-order valence-corrected chi connectivity index (χ0v) is 16.5. The third kappa shape index (κ3) is 5.93. The standard InChI is InChI=1S/C20H32N4O2/c1-5-21-20(24-12-10-23(11-13-24)17(4)25)22-14-18-8-6-7-9-19(18)26-15-16(2)3/h6-9,16H,5,10-15H2,1-4H3,(H,21,22). The lowest BCUT2D eigenvalue weighted by Gasteiger charge is -2.36. The Hall–Kier alpha value is -2.24. The molecule has 0 aliphatic carbocycles. The number of carbonyl (C=O) groups excluding carboxylic acids is 1. The molecule has 0 radical (unpaired) electrons. The van der Waals surface area contributed by atoms with Crippen molar-refractivity contribution in [3.8, 4) is 5.75 Å². The van der Waals surface area contributed by atoms with E-state index < -0.39 is 0 Å². The van der Waals surface area contributed by atoms with Crippen LogP contribution in [0.5, 0.6) is 5.75 Å². The molecule has 1 amide bonds. The topological polar surface area (TPSA) is 57.2 Å². The van der Waals surface area contributed by atoms with Crippen LogP contribution in [0.1, 0.15) is 33.3 Å². The second-order valence-corrected chi connectivity index (χ2v) is 6.98. The lowest BCUT2D eigenvalue weighted by molar-refractivity contribution is -0.130. The Kier molecular flexibility index (Phi) is 7.75. The highest BCUT2D eigenvalue weighted by Crippen LogP contribution is 2.20. The van der Waals surface area contributed by atoms with Crippen molar-refractivity contribution in [1.29, 1.82) is 0 Å². The Morgan fingerprint density at radius 3 is 2.46 bits per heavy atom. The number of piperazine rings is 1. The SMILES string of the molecule is CCNC(=NCc1ccccc1OCC(C)C)N1CCN(C(C)=O)CC1. The van der Waals surface area contributed by atoms with Gasteiger partial charge in [0.2, 0.25) is 5.91 Å². The number of nitrogens with one attached hydrogen (secondary N) is 1. The number of carbonyl (C=O) groups is 1. The predicted molar refractivity (Wildman–Crippen MR) is 105 cm³/mol. The van der Waals surface area contributed by atoms with E-state index in [1.807, 2.05) is 23.1 Å². The Bertz CT molecular complexity index is 608. The van der Waals surface area contributed by atoms with Gasteiger partial charge in [-0.1, -0.05) is 32.0 Å². The molecule has 1 saturated heterocycles. The van der Waals surface area contributed by atoms with Crippen LogP contribution in [0, 0.1) is 5.92 Å². The highest BCUT2D eigenvalue weighted by atomic mass is 16.5. The van der Waals surface area contributed by atoms with Gasteiger partial charge in [0.15, 0.2) is 5.96 Å². The average Bonchev–Trinajstić information content (AvgIpc) is 2.64. The van der Waals surface area contributed by atoms with Gasteiger partial charge in [0.25, 0.3) is 0 Å². The lowest BCUT2D eigenvalue weighted by Crippen LogP contribution is -2.53. The molecule has 6 nitrogen and oxygen atoms in total. The summed E-state index contributed by atoms with van der Waals surface area (Å²) in [6, 6.07) is 8.09. The number of ether oxygens (including phenoxy) is 1. The van der Waals surface area contributed by atoms with E-state index in [1.165, 1.54) is 0 Å². The van der Waals surface area contributed by atoms with Crippen LogP contribution in [-0.4, -0.2) is 61.0 Å². The fourth-order valence-corrected chi connectivity index (χ4v) is 2.85. The van der Waals surface area contributed by atoms with Crippen molar-refractivity contribution in [3.63, 3.8) is 0 Å². The van der Waals surface area contributed by atoms with Gasteiger partial charge in [-0.2, -0.15) is 0 Å². The van der Waals surface area contributed by atoms with Crippen molar-refractivity contribution < 1.29 is 9.53 Å². The molecule has 1 aliphatic rings. The number of amides is 1. The molecule has 0 unspecified atom stereocenters. The molecular formula is C20H32N4O2. The van der Waals surface area contributed by atoms with Crippen LogP contribution in [0.25, 0.3) is 0 Å². The second kappa shape index (κ2) is 10.0. The Labute approximate surface area is 157 Å². The number of para-hydroxylation sites is 1. The van der Waals surface area contributed by atoms with Gasteiger partial charge in [0, 0.05) is 45.2 Å². The van der Waals surface area contributed by atoms with E-state index in [1.54, 1.807) is 6.92 Å². The molecule has 144 valence electrons. The molecule has 1 fully saturated rings. The number of rotatable bonds is 6. The summed E-state index contributed by atoms with van der Waals surface area (Å²) in [6.07, 6.45) is 0.